The summed E-state index contributed by atoms with van der Waals surface area (Å²) in [5, 5.41) is 14.3. The smallest absolute Gasteiger partial charge is 0.377 e. The molecule has 0 aromatic heterocycles. The molecule has 0 saturated heterocycles. The molecule has 7 nitrogen and oxygen atoms in total. The predicted molar refractivity (Wildman–Crippen MR) is 107 cm³/mol. The van der Waals surface area contributed by atoms with Gasteiger partial charge in [-0.2, -0.15) is 13.2 Å². The van der Waals surface area contributed by atoms with E-state index in [0.29, 0.717) is 19.3 Å². The predicted octanol–water partition coefficient (Wildman–Crippen LogP) is 3.55. The summed E-state index contributed by atoms with van der Waals surface area (Å²) in [5.41, 5.74) is -0.292. The molecule has 2 aromatic rings. The van der Waals surface area contributed by atoms with Crippen LogP contribution in [-0.4, -0.2) is 17.2 Å². The van der Waals surface area contributed by atoms with Crippen molar-refractivity contribution in [2.45, 2.75) is 51.7 Å². The summed E-state index contributed by atoms with van der Waals surface area (Å²) in [7, 11) is 0. The minimum Gasteiger partial charge on any atom is -0.377 e. The third kappa shape index (κ3) is 5.82. The first-order valence-electron chi connectivity index (χ1n) is 9.51. The van der Waals surface area contributed by atoms with Crippen LogP contribution in [0.4, 0.5) is 30.2 Å². The lowest BCUT2D eigenvalue weighted by Gasteiger charge is -2.25. The summed E-state index contributed by atoms with van der Waals surface area (Å²) in [6.45, 7) is 3.87. The number of unbranched alkanes of at least 4 members (excludes halogenated alkanes) is 1. The maximum atomic E-state index is 12.7. The molecule has 0 aliphatic heterocycles. The van der Waals surface area contributed by atoms with Gasteiger partial charge in [0.1, 0.15) is 11.4 Å². The van der Waals surface area contributed by atoms with Crippen LogP contribution in [0.15, 0.2) is 33.9 Å². The van der Waals surface area contributed by atoms with Crippen molar-refractivity contribution in [1.29, 1.82) is 0 Å². The Morgan fingerprint density at radius 1 is 1.03 bits per heavy atom. The van der Waals surface area contributed by atoms with E-state index in [2.05, 4.69) is 10.6 Å². The number of nitrogens with one attached hydrogen (secondary N) is 3. The van der Waals surface area contributed by atoms with Gasteiger partial charge in [-0.3, -0.25) is 19.6 Å². The molecule has 0 bridgehead atoms. The van der Waals surface area contributed by atoms with Crippen LogP contribution in [0.5, 0.6) is 0 Å². The zero-order valence-corrected chi connectivity index (χ0v) is 16.6. The largest absolute Gasteiger partial charge is 0.416 e. The van der Waals surface area contributed by atoms with Crippen LogP contribution in [0.1, 0.15) is 45.1 Å². The lowest BCUT2D eigenvalue weighted by Crippen LogP contribution is -2.40. The molecule has 0 aliphatic rings. The van der Waals surface area contributed by atoms with Crippen molar-refractivity contribution in [3.05, 3.63) is 50.3 Å². The van der Waals surface area contributed by atoms with Gasteiger partial charge >= 0.3 is 6.18 Å². The number of benzene rings is 1. The molecule has 2 rings (SSSR count). The highest BCUT2D eigenvalue weighted by atomic mass is 19.4. The third-order valence-electron chi connectivity index (χ3n) is 4.82. The van der Waals surface area contributed by atoms with E-state index in [1.54, 1.807) is 5.48 Å². The molecule has 0 heterocycles. The monoisotopic (exact) mass is 427 g/mol. The van der Waals surface area contributed by atoms with Gasteiger partial charge in [-0.25, -0.2) is 5.48 Å². The first-order chi connectivity index (χ1) is 14.0. The van der Waals surface area contributed by atoms with Crippen LogP contribution in [0.2, 0.25) is 0 Å². The van der Waals surface area contributed by atoms with E-state index in [-0.39, 0.29) is 35.4 Å². The number of halogens is 3. The molecular formula is C20H24F3N3O4. The maximum Gasteiger partial charge on any atom is 0.416 e. The average molecular weight is 427 g/mol. The van der Waals surface area contributed by atoms with E-state index in [1.165, 1.54) is 12.1 Å². The second kappa shape index (κ2) is 9.75. The topological polar surface area (TPSA) is 108 Å². The summed E-state index contributed by atoms with van der Waals surface area (Å²) in [5.74, 6) is -0.366. The number of amides is 1. The Bertz CT molecular complexity index is 932. The molecule has 4 N–H and O–H groups in total. The van der Waals surface area contributed by atoms with Gasteiger partial charge in [-0.1, -0.05) is 20.3 Å². The summed E-state index contributed by atoms with van der Waals surface area (Å²) in [6.07, 6.45) is -2.48. The highest BCUT2D eigenvalue weighted by molar-refractivity contribution is 5.79. The van der Waals surface area contributed by atoms with Crippen LogP contribution < -0.4 is 27.0 Å². The molecule has 30 heavy (non-hydrogen) atoms. The van der Waals surface area contributed by atoms with Crippen LogP contribution in [0.3, 0.4) is 0 Å². The molecular weight excluding hydrogens is 403 g/mol. The van der Waals surface area contributed by atoms with Crippen LogP contribution in [0, 0.1) is 5.92 Å². The molecule has 10 heteroatoms. The van der Waals surface area contributed by atoms with Gasteiger partial charge in [0.2, 0.25) is 5.91 Å². The van der Waals surface area contributed by atoms with E-state index in [1.807, 2.05) is 13.8 Å². The SMILES string of the molecule is CC(C)C(CCCCC(=O)NO)Nc1c(Nc2ccc(C(F)(F)F)cc2)c(=O)c1=O. The van der Waals surface area contributed by atoms with Crippen molar-refractivity contribution >= 4 is 23.0 Å². The minimum atomic E-state index is -4.46. The Hall–Kier alpha value is -2.88. The molecule has 1 atom stereocenters. The number of alkyl halides is 3. The highest BCUT2D eigenvalue weighted by Crippen LogP contribution is 2.31. The number of carbonyl (C=O) groups is 1. The summed E-state index contributed by atoms with van der Waals surface area (Å²) in [4.78, 5) is 35.0. The van der Waals surface area contributed by atoms with Crippen molar-refractivity contribution in [2.75, 3.05) is 10.6 Å². The van der Waals surface area contributed by atoms with E-state index < -0.39 is 28.5 Å². The Balaban J connectivity index is 2.06. The van der Waals surface area contributed by atoms with Gasteiger partial charge < -0.3 is 10.6 Å². The van der Waals surface area contributed by atoms with Crippen LogP contribution in [0.25, 0.3) is 0 Å². The molecule has 0 spiro atoms. The van der Waals surface area contributed by atoms with Gasteiger partial charge in [0.15, 0.2) is 0 Å². The quantitative estimate of drug-likeness (QED) is 0.200. The number of rotatable bonds is 10. The number of hydrogen-bond donors (Lipinski definition) is 4. The zero-order chi connectivity index (χ0) is 22.5. The van der Waals surface area contributed by atoms with Crippen molar-refractivity contribution in [3.8, 4) is 0 Å². The van der Waals surface area contributed by atoms with Crippen molar-refractivity contribution in [1.82, 2.24) is 5.48 Å². The minimum absolute atomic E-state index is 0.0186. The van der Waals surface area contributed by atoms with Gasteiger partial charge in [0, 0.05) is 18.2 Å². The van der Waals surface area contributed by atoms with E-state index in [9.17, 15) is 27.6 Å². The molecule has 1 unspecified atom stereocenters. The fourth-order valence-corrected chi connectivity index (χ4v) is 3.00. The van der Waals surface area contributed by atoms with Crippen LogP contribution in [-0.2, 0) is 11.0 Å². The number of anilines is 3. The van der Waals surface area contributed by atoms with E-state index in [4.69, 9.17) is 5.21 Å². The first-order valence-corrected chi connectivity index (χ1v) is 9.51. The molecule has 164 valence electrons. The van der Waals surface area contributed by atoms with Crippen molar-refractivity contribution < 1.29 is 23.2 Å². The number of carbonyl (C=O) groups excluding carboxylic acids is 1. The summed E-state index contributed by atoms with van der Waals surface area (Å²) >= 11 is 0. The van der Waals surface area contributed by atoms with Crippen molar-refractivity contribution in [3.63, 3.8) is 0 Å². The Morgan fingerprint density at radius 2 is 1.63 bits per heavy atom. The fourth-order valence-electron chi connectivity index (χ4n) is 3.00. The maximum absolute atomic E-state index is 12.7. The molecule has 0 aliphatic carbocycles. The van der Waals surface area contributed by atoms with Gasteiger partial charge in [0.25, 0.3) is 10.9 Å². The van der Waals surface area contributed by atoms with E-state index in [0.717, 1.165) is 12.1 Å². The zero-order valence-electron chi connectivity index (χ0n) is 16.6. The van der Waals surface area contributed by atoms with Crippen molar-refractivity contribution in [2.24, 2.45) is 5.92 Å². The molecule has 0 saturated carbocycles. The molecule has 1 amide bonds. The Kier molecular flexibility index (Phi) is 7.60. The number of hydrogen-bond acceptors (Lipinski definition) is 6. The van der Waals surface area contributed by atoms with Gasteiger partial charge in [0.05, 0.1) is 5.56 Å². The standard InChI is InChI=1S/C20H24F3N3O4/c1-11(2)14(5-3-4-6-15(27)26-30)25-17-16(18(28)19(17)29)24-13-9-7-12(8-10-13)20(21,22)23/h7-11,14,24-25,30H,3-6H2,1-2H3,(H,26,27). The molecule has 0 radical (unpaired) electrons. The molecule has 0 fully saturated rings. The van der Waals surface area contributed by atoms with Gasteiger partial charge in [-0.15, -0.1) is 0 Å². The fraction of sp³-hybridized carbons (Fsp3) is 0.450. The second-order valence-electron chi connectivity index (χ2n) is 7.38. The second-order valence-corrected chi connectivity index (χ2v) is 7.38. The first kappa shape index (κ1) is 23.4. The average Bonchev–Trinajstić information content (AvgIpc) is 2.70. The lowest BCUT2D eigenvalue weighted by atomic mass is 9.96. The van der Waals surface area contributed by atoms with Gasteiger partial charge in [-0.05, 0) is 43.0 Å². The third-order valence-corrected chi connectivity index (χ3v) is 4.82. The lowest BCUT2D eigenvalue weighted by molar-refractivity contribution is -0.137. The highest BCUT2D eigenvalue weighted by Gasteiger charge is 2.30. The van der Waals surface area contributed by atoms with Crippen LogP contribution >= 0.6 is 0 Å². The number of hydroxylamine groups is 1. The summed E-state index contributed by atoms with van der Waals surface area (Å²) < 4.78 is 38.0. The van der Waals surface area contributed by atoms with E-state index >= 15 is 0 Å². The normalized spacial score (nSPS) is 12.8. The summed E-state index contributed by atoms with van der Waals surface area (Å²) in [6, 6.07) is 4.00. The Labute approximate surface area is 170 Å². The Morgan fingerprint density at radius 3 is 2.17 bits per heavy atom. The molecule has 2 aromatic carbocycles.